The normalized spacial score (nSPS) is 11.2. The van der Waals surface area contributed by atoms with Gasteiger partial charge in [0, 0.05) is 12.8 Å². The molecule has 44 heavy (non-hydrogen) atoms. The summed E-state index contributed by atoms with van der Waals surface area (Å²) in [5.41, 5.74) is 5.37. The lowest BCUT2D eigenvalue weighted by molar-refractivity contribution is -0.165. The zero-order chi connectivity index (χ0) is 32.4. The fraction of sp³-hybridized carbons (Fsp3) is 0.919. The van der Waals surface area contributed by atoms with E-state index < -0.39 is 12.1 Å². The first kappa shape index (κ1) is 42.4. The minimum Gasteiger partial charge on any atom is -0.462 e. The SMILES string of the molecule is CCCCCCCCCCCCCCCC(=O)OCC(COC(=O)CCCCCCCCCCCCCCC)OC(=O)CN. The Bertz CT molecular complexity index is 610. The first-order valence-electron chi connectivity index (χ1n) is 18.7. The summed E-state index contributed by atoms with van der Waals surface area (Å²) in [6.07, 6.45) is 32.3. The van der Waals surface area contributed by atoms with Crippen molar-refractivity contribution in [1.82, 2.24) is 0 Å². The largest absolute Gasteiger partial charge is 0.462 e. The van der Waals surface area contributed by atoms with Crippen LogP contribution in [0.2, 0.25) is 0 Å². The molecule has 0 atom stereocenters. The summed E-state index contributed by atoms with van der Waals surface area (Å²) >= 11 is 0. The molecule has 0 aliphatic rings. The second kappa shape index (κ2) is 34.2. The van der Waals surface area contributed by atoms with Gasteiger partial charge in [-0.15, -0.1) is 0 Å². The van der Waals surface area contributed by atoms with Crippen LogP contribution in [0.5, 0.6) is 0 Å². The van der Waals surface area contributed by atoms with E-state index in [2.05, 4.69) is 13.8 Å². The van der Waals surface area contributed by atoms with Gasteiger partial charge in [0.25, 0.3) is 0 Å². The third-order valence-corrected chi connectivity index (χ3v) is 8.29. The minimum absolute atomic E-state index is 0.130. The average molecular weight is 626 g/mol. The van der Waals surface area contributed by atoms with Gasteiger partial charge < -0.3 is 19.9 Å². The molecule has 0 unspecified atom stereocenters. The number of carbonyl (C=O) groups excluding carboxylic acids is 3. The Labute approximate surface area is 271 Å². The van der Waals surface area contributed by atoms with Crippen LogP contribution in [0, 0.1) is 0 Å². The molecular weight excluding hydrogens is 554 g/mol. The standard InChI is InChI=1S/C37H71NO6/c1-3-5-7-9-11-13-15-17-19-21-23-25-27-29-35(39)42-32-34(44-37(41)31-38)33-43-36(40)30-28-26-24-22-20-18-16-14-12-10-8-6-4-2/h34H,3-33,38H2,1-2H3. The number of hydrogen-bond donors (Lipinski definition) is 1. The minimum atomic E-state index is -0.836. The predicted octanol–water partition coefficient (Wildman–Crippen LogP) is 9.91. The van der Waals surface area contributed by atoms with Crippen molar-refractivity contribution in [1.29, 1.82) is 0 Å². The van der Waals surface area contributed by atoms with E-state index in [1.807, 2.05) is 0 Å². The number of carbonyl (C=O) groups is 3. The van der Waals surface area contributed by atoms with Crippen LogP contribution in [0.3, 0.4) is 0 Å². The van der Waals surface area contributed by atoms with Crippen LogP contribution in [0.1, 0.15) is 194 Å². The molecule has 0 rings (SSSR count). The molecule has 0 radical (unpaired) electrons. The van der Waals surface area contributed by atoms with E-state index in [0.29, 0.717) is 12.8 Å². The fourth-order valence-corrected chi connectivity index (χ4v) is 5.44. The molecule has 0 aliphatic carbocycles. The van der Waals surface area contributed by atoms with Gasteiger partial charge in [-0.2, -0.15) is 0 Å². The molecule has 0 spiro atoms. The highest BCUT2D eigenvalue weighted by Gasteiger charge is 2.19. The van der Waals surface area contributed by atoms with Gasteiger partial charge in [0.05, 0.1) is 6.54 Å². The molecular formula is C37H71NO6. The second-order valence-electron chi connectivity index (χ2n) is 12.7. The van der Waals surface area contributed by atoms with Crippen molar-refractivity contribution in [2.75, 3.05) is 19.8 Å². The molecule has 0 saturated heterocycles. The van der Waals surface area contributed by atoms with Gasteiger partial charge in [0.1, 0.15) is 13.2 Å². The van der Waals surface area contributed by atoms with E-state index in [0.717, 1.165) is 38.5 Å². The van der Waals surface area contributed by atoms with Gasteiger partial charge >= 0.3 is 17.9 Å². The second-order valence-corrected chi connectivity index (χ2v) is 12.7. The number of rotatable bonds is 34. The van der Waals surface area contributed by atoms with Gasteiger partial charge in [-0.25, -0.2) is 0 Å². The van der Waals surface area contributed by atoms with Crippen molar-refractivity contribution >= 4 is 17.9 Å². The molecule has 0 aliphatic heterocycles. The number of hydrogen-bond acceptors (Lipinski definition) is 7. The maximum absolute atomic E-state index is 12.2. The highest BCUT2D eigenvalue weighted by atomic mass is 16.6. The van der Waals surface area contributed by atoms with E-state index in [1.165, 1.54) is 128 Å². The van der Waals surface area contributed by atoms with Crippen LogP contribution >= 0.6 is 0 Å². The molecule has 0 amide bonds. The van der Waals surface area contributed by atoms with Crippen molar-refractivity contribution in [3.63, 3.8) is 0 Å². The van der Waals surface area contributed by atoms with Crippen LogP contribution in [-0.4, -0.2) is 43.8 Å². The van der Waals surface area contributed by atoms with Gasteiger partial charge in [-0.1, -0.05) is 168 Å². The van der Waals surface area contributed by atoms with E-state index >= 15 is 0 Å². The van der Waals surface area contributed by atoms with Crippen LogP contribution in [0.25, 0.3) is 0 Å². The summed E-state index contributed by atoms with van der Waals surface area (Å²) in [6, 6.07) is 0. The number of esters is 3. The maximum atomic E-state index is 12.2. The van der Waals surface area contributed by atoms with E-state index in [1.54, 1.807) is 0 Å². The topological polar surface area (TPSA) is 105 Å². The number of nitrogens with two attached hydrogens (primary N) is 1. The highest BCUT2D eigenvalue weighted by molar-refractivity contribution is 5.72. The third-order valence-electron chi connectivity index (χ3n) is 8.29. The quantitative estimate of drug-likeness (QED) is 0.0431. The van der Waals surface area contributed by atoms with Gasteiger partial charge in [-0.05, 0) is 12.8 Å². The number of unbranched alkanes of at least 4 members (excludes halogenated alkanes) is 24. The number of ether oxygens (including phenoxy) is 3. The first-order valence-corrected chi connectivity index (χ1v) is 18.7. The zero-order valence-corrected chi connectivity index (χ0v) is 29.0. The van der Waals surface area contributed by atoms with Crippen molar-refractivity contribution in [3.8, 4) is 0 Å². The van der Waals surface area contributed by atoms with Crippen LogP contribution in [0.15, 0.2) is 0 Å². The average Bonchev–Trinajstić information content (AvgIpc) is 3.02. The highest BCUT2D eigenvalue weighted by Crippen LogP contribution is 2.15. The summed E-state index contributed by atoms with van der Waals surface area (Å²) in [7, 11) is 0. The fourth-order valence-electron chi connectivity index (χ4n) is 5.44. The summed E-state index contributed by atoms with van der Waals surface area (Å²) < 4.78 is 15.9. The van der Waals surface area contributed by atoms with Crippen molar-refractivity contribution < 1.29 is 28.6 Å². The van der Waals surface area contributed by atoms with Crippen LogP contribution < -0.4 is 5.73 Å². The molecule has 0 aromatic rings. The van der Waals surface area contributed by atoms with E-state index in [9.17, 15) is 14.4 Å². The molecule has 7 nitrogen and oxygen atoms in total. The Morgan fingerprint density at radius 1 is 0.432 bits per heavy atom. The monoisotopic (exact) mass is 626 g/mol. The molecule has 0 bridgehead atoms. The molecule has 0 aromatic carbocycles. The Morgan fingerprint density at radius 3 is 0.977 bits per heavy atom. The molecule has 0 aromatic heterocycles. The summed E-state index contributed by atoms with van der Waals surface area (Å²) in [5, 5.41) is 0. The van der Waals surface area contributed by atoms with Gasteiger partial charge in [-0.3, -0.25) is 14.4 Å². The molecule has 2 N–H and O–H groups in total. The molecule has 0 saturated carbocycles. The van der Waals surface area contributed by atoms with Crippen LogP contribution in [0.4, 0.5) is 0 Å². The lowest BCUT2D eigenvalue weighted by atomic mass is 10.0. The Balaban J connectivity index is 3.83. The van der Waals surface area contributed by atoms with E-state index in [4.69, 9.17) is 19.9 Å². The predicted molar refractivity (Wildman–Crippen MR) is 181 cm³/mol. The maximum Gasteiger partial charge on any atom is 0.320 e. The Hall–Kier alpha value is -1.63. The molecule has 0 heterocycles. The van der Waals surface area contributed by atoms with Crippen molar-refractivity contribution in [2.45, 2.75) is 200 Å². The Kier molecular flexibility index (Phi) is 33.0. The molecule has 0 fully saturated rings. The zero-order valence-electron chi connectivity index (χ0n) is 29.0. The smallest absolute Gasteiger partial charge is 0.320 e. The Morgan fingerprint density at radius 2 is 0.705 bits per heavy atom. The first-order chi connectivity index (χ1) is 21.5. The molecule has 7 heteroatoms. The summed E-state index contributed by atoms with van der Waals surface area (Å²) in [5.74, 6) is -1.25. The van der Waals surface area contributed by atoms with Crippen molar-refractivity contribution in [3.05, 3.63) is 0 Å². The van der Waals surface area contributed by atoms with Crippen LogP contribution in [-0.2, 0) is 28.6 Å². The lowest BCUT2D eigenvalue weighted by Crippen LogP contribution is -2.33. The summed E-state index contributed by atoms with van der Waals surface area (Å²) in [4.78, 5) is 36.1. The lowest BCUT2D eigenvalue weighted by Gasteiger charge is -2.17. The van der Waals surface area contributed by atoms with Gasteiger partial charge in [0.2, 0.25) is 0 Å². The summed E-state index contributed by atoms with van der Waals surface area (Å²) in [6.45, 7) is 3.97. The third kappa shape index (κ3) is 31.8. The van der Waals surface area contributed by atoms with Gasteiger partial charge in [0.15, 0.2) is 6.10 Å². The van der Waals surface area contributed by atoms with Crippen molar-refractivity contribution in [2.24, 2.45) is 5.73 Å². The van der Waals surface area contributed by atoms with E-state index in [-0.39, 0.29) is 31.7 Å². The molecule has 260 valence electrons.